The maximum Gasteiger partial charge on any atom is 0.255 e. The SMILES string of the molecule is CC(C)Oc1cccc2c1CN([C@H]1CCC(=O)NC1=O)C2=O. The lowest BCUT2D eigenvalue weighted by Gasteiger charge is -2.29. The zero-order valence-electron chi connectivity index (χ0n) is 12.6. The monoisotopic (exact) mass is 302 g/mol. The zero-order chi connectivity index (χ0) is 15.9. The summed E-state index contributed by atoms with van der Waals surface area (Å²) >= 11 is 0. The van der Waals surface area contributed by atoms with E-state index < -0.39 is 11.9 Å². The summed E-state index contributed by atoms with van der Waals surface area (Å²) in [5, 5.41) is 2.30. The van der Waals surface area contributed by atoms with Crippen molar-refractivity contribution in [3.63, 3.8) is 0 Å². The topological polar surface area (TPSA) is 75.7 Å². The Bertz CT molecular complexity index is 654. The second kappa shape index (κ2) is 5.44. The van der Waals surface area contributed by atoms with Crippen molar-refractivity contribution < 1.29 is 19.1 Å². The van der Waals surface area contributed by atoms with Crippen molar-refractivity contribution in [1.29, 1.82) is 0 Å². The van der Waals surface area contributed by atoms with Crippen LogP contribution in [0, 0.1) is 0 Å². The van der Waals surface area contributed by atoms with Crippen LogP contribution in [0.1, 0.15) is 42.6 Å². The van der Waals surface area contributed by atoms with Crippen molar-refractivity contribution in [3.05, 3.63) is 29.3 Å². The number of carbonyl (C=O) groups excluding carboxylic acids is 3. The van der Waals surface area contributed by atoms with Crippen LogP contribution in [0.25, 0.3) is 0 Å². The fourth-order valence-corrected chi connectivity index (χ4v) is 2.92. The van der Waals surface area contributed by atoms with E-state index in [4.69, 9.17) is 4.74 Å². The second-order valence-electron chi connectivity index (χ2n) is 5.85. The van der Waals surface area contributed by atoms with Crippen molar-refractivity contribution in [2.45, 2.75) is 45.4 Å². The van der Waals surface area contributed by atoms with Crippen LogP contribution in [0.15, 0.2) is 18.2 Å². The molecule has 1 N–H and O–H groups in total. The van der Waals surface area contributed by atoms with Crippen LogP contribution in [0.4, 0.5) is 0 Å². The number of rotatable bonds is 3. The first-order valence-electron chi connectivity index (χ1n) is 7.40. The molecule has 1 aromatic rings. The normalized spacial score (nSPS) is 21.1. The molecule has 1 aromatic carbocycles. The number of piperidine rings is 1. The van der Waals surface area contributed by atoms with Crippen LogP contribution in [0.2, 0.25) is 0 Å². The van der Waals surface area contributed by atoms with Crippen LogP contribution < -0.4 is 10.1 Å². The van der Waals surface area contributed by atoms with E-state index in [1.165, 1.54) is 4.90 Å². The first-order valence-corrected chi connectivity index (χ1v) is 7.40. The Labute approximate surface area is 128 Å². The molecule has 0 saturated carbocycles. The fraction of sp³-hybridized carbons (Fsp3) is 0.438. The quantitative estimate of drug-likeness (QED) is 0.852. The number of nitrogens with one attached hydrogen (secondary N) is 1. The predicted octanol–water partition coefficient (Wildman–Crippen LogP) is 1.23. The molecule has 22 heavy (non-hydrogen) atoms. The summed E-state index contributed by atoms with van der Waals surface area (Å²) in [5.74, 6) is -0.188. The van der Waals surface area contributed by atoms with Crippen molar-refractivity contribution >= 4 is 17.7 Å². The van der Waals surface area contributed by atoms with Gasteiger partial charge in [-0.15, -0.1) is 0 Å². The molecule has 0 aromatic heterocycles. The fourth-order valence-electron chi connectivity index (χ4n) is 2.92. The second-order valence-corrected chi connectivity index (χ2v) is 5.85. The van der Waals surface area contributed by atoms with Gasteiger partial charge in [-0.2, -0.15) is 0 Å². The summed E-state index contributed by atoms with van der Waals surface area (Å²) in [7, 11) is 0. The molecule has 6 heteroatoms. The minimum Gasteiger partial charge on any atom is -0.491 e. The van der Waals surface area contributed by atoms with Gasteiger partial charge in [-0.1, -0.05) is 6.07 Å². The molecule has 0 spiro atoms. The van der Waals surface area contributed by atoms with Crippen molar-refractivity contribution in [2.24, 2.45) is 0 Å². The van der Waals surface area contributed by atoms with Crippen LogP contribution in [0.3, 0.4) is 0 Å². The van der Waals surface area contributed by atoms with E-state index in [1.807, 2.05) is 19.9 Å². The maximum absolute atomic E-state index is 12.6. The maximum atomic E-state index is 12.6. The highest BCUT2D eigenvalue weighted by Crippen LogP contribution is 2.33. The van der Waals surface area contributed by atoms with Gasteiger partial charge in [0, 0.05) is 17.5 Å². The van der Waals surface area contributed by atoms with Crippen LogP contribution in [0.5, 0.6) is 5.75 Å². The summed E-state index contributed by atoms with van der Waals surface area (Å²) < 4.78 is 5.75. The molecule has 1 saturated heterocycles. The molecule has 1 atom stereocenters. The third-order valence-electron chi connectivity index (χ3n) is 3.90. The van der Waals surface area contributed by atoms with E-state index in [1.54, 1.807) is 12.1 Å². The van der Waals surface area contributed by atoms with Crippen molar-refractivity contribution in [1.82, 2.24) is 10.2 Å². The number of imide groups is 1. The van der Waals surface area contributed by atoms with Gasteiger partial charge in [-0.05, 0) is 32.4 Å². The average Bonchev–Trinajstić information content (AvgIpc) is 2.77. The first-order chi connectivity index (χ1) is 10.5. The molecule has 6 nitrogen and oxygen atoms in total. The minimum atomic E-state index is -0.593. The van der Waals surface area contributed by atoms with E-state index in [2.05, 4.69) is 5.32 Å². The summed E-state index contributed by atoms with van der Waals surface area (Å²) in [6.07, 6.45) is 0.627. The van der Waals surface area contributed by atoms with Gasteiger partial charge in [-0.25, -0.2) is 0 Å². The van der Waals surface area contributed by atoms with Gasteiger partial charge in [0.15, 0.2) is 0 Å². The van der Waals surface area contributed by atoms with Gasteiger partial charge in [0.1, 0.15) is 11.8 Å². The van der Waals surface area contributed by atoms with Crippen LogP contribution in [-0.4, -0.2) is 34.8 Å². The Morgan fingerprint density at radius 1 is 1.27 bits per heavy atom. The number of benzene rings is 1. The molecule has 3 amide bonds. The molecule has 0 radical (unpaired) electrons. The highest BCUT2D eigenvalue weighted by molar-refractivity contribution is 6.05. The summed E-state index contributed by atoms with van der Waals surface area (Å²) in [4.78, 5) is 37.3. The lowest BCUT2D eigenvalue weighted by Crippen LogP contribution is -2.52. The number of fused-ring (bicyclic) bond motifs is 1. The third-order valence-corrected chi connectivity index (χ3v) is 3.90. The number of carbonyl (C=O) groups is 3. The molecule has 0 aliphatic carbocycles. The smallest absolute Gasteiger partial charge is 0.255 e. The number of amides is 3. The van der Waals surface area contributed by atoms with Gasteiger partial charge in [-0.3, -0.25) is 19.7 Å². The molecule has 2 aliphatic rings. The lowest BCUT2D eigenvalue weighted by molar-refractivity contribution is -0.136. The van der Waals surface area contributed by atoms with E-state index in [0.717, 1.165) is 5.56 Å². The molecule has 0 unspecified atom stereocenters. The molecule has 116 valence electrons. The lowest BCUT2D eigenvalue weighted by atomic mass is 10.0. The Kier molecular flexibility index (Phi) is 3.60. The molecular weight excluding hydrogens is 284 g/mol. The number of hydrogen-bond acceptors (Lipinski definition) is 4. The molecule has 2 aliphatic heterocycles. The van der Waals surface area contributed by atoms with Crippen molar-refractivity contribution in [3.8, 4) is 5.75 Å². The predicted molar refractivity (Wildman–Crippen MR) is 78.3 cm³/mol. The number of ether oxygens (including phenoxy) is 1. The molecule has 1 fully saturated rings. The van der Waals surface area contributed by atoms with E-state index in [-0.39, 0.29) is 24.3 Å². The average molecular weight is 302 g/mol. The van der Waals surface area contributed by atoms with Gasteiger partial charge >= 0.3 is 0 Å². The van der Waals surface area contributed by atoms with E-state index >= 15 is 0 Å². The van der Waals surface area contributed by atoms with Crippen LogP contribution in [-0.2, 0) is 16.1 Å². The minimum absolute atomic E-state index is 0.00579. The zero-order valence-corrected chi connectivity index (χ0v) is 12.6. The summed E-state index contributed by atoms with van der Waals surface area (Å²) in [5.41, 5.74) is 1.38. The standard InChI is InChI=1S/C16H18N2O4/c1-9(2)22-13-5-3-4-10-11(13)8-18(16(10)21)12-6-7-14(19)17-15(12)20/h3-5,9,12H,6-8H2,1-2H3,(H,17,19,20)/t12-/m0/s1. The van der Waals surface area contributed by atoms with Gasteiger partial charge in [0.05, 0.1) is 12.6 Å². The summed E-state index contributed by atoms with van der Waals surface area (Å²) in [6.45, 7) is 4.19. The highest BCUT2D eigenvalue weighted by Gasteiger charge is 2.40. The molecule has 0 bridgehead atoms. The van der Waals surface area contributed by atoms with E-state index in [0.29, 0.717) is 24.3 Å². The van der Waals surface area contributed by atoms with Crippen molar-refractivity contribution in [2.75, 3.05) is 0 Å². The van der Waals surface area contributed by atoms with Gasteiger partial charge in [0.25, 0.3) is 5.91 Å². The molecule has 3 rings (SSSR count). The Morgan fingerprint density at radius 2 is 2.05 bits per heavy atom. The van der Waals surface area contributed by atoms with Gasteiger partial charge in [0.2, 0.25) is 11.8 Å². The Morgan fingerprint density at radius 3 is 2.73 bits per heavy atom. The largest absolute Gasteiger partial charge is 0.491 e. The number of hydrogen-bond donors (Lipinski definition) is 1. The van der Waals surface area contributed by atoms with Gasteiger partial charge < -0.3 is 9.64 Å². The number of nitrogens with zero attached hydrogens (tertiary/aromatic N) is 1. The first kappa shape index (κ1) is 14.6. The van der Waals surface area contributed by atoms with Crippen LogP contribution >= 0.6 is 0 Å². The summed E-state index contributed by atoms with van der Waals surface area (Å²) in [6, 6.07) is 4.77. The molecule has 2 heterocycles. The molecular formula is C16H18N2O4. The third kappa shape index (κ3) is 2.45. The van der Waals surface area contributed by atoms with E-state index in [9.17, 15) is 14.4 Å². The Balaban J connectivity index is 1.88. The Hall–Kier alpha value is -2.37. The highest BCUT2D eigenvalue weighted by atomic mass is 16.5.